The standard InChI is InChI=1S/C29H30F2N2O3/c1-36-23-10-11-28-25(18-23)21(12-14-32-28)6-2-5-20-13-16-33(19-22(20)17-29(34)35)15-4-7-24-26(30)8-3-9-27(24)31/h3,8-12,14,18,20,22H,2,5-6,13,15-17,19H2,1H3,(H,34,35)/t20-,22+/m1/s1. The van der Waals surface area contributed by atoms with Gasteiger partial charge in [-0.3, -0.25) is 14.7 Å². The van der Waals surface area contributed by atoms with E-state index in [4.69, 9.17) is 4.74 Å². The van der Waals surface area contributed by atoms with Gasteiger partial charge in [0.05, 0.1) is 24.7 Å². The van der Waals surface area contributed by atoms with Crippen molar-refractivity contribution in [2.45, 2.75) is 32.1 Å². The number of rotatable bonds is 8. The van der Waals surface area contributed by atoms with Crippen molar-refractivity contribution in [3.05, 3.63) is 71.4 Å². The second-order valence-corrected chi connectivity index (χ2v) is 9.29. The number of ether oxygens (including phenoxy) is 1. The predicted molar refractivity (Wildman–Crippen MR) is 135 cm³/mol. The summed E-state index contributed by atoms with van der Waals surface area (Å²) in [5.41, 5.74) is 1.92. The summed E-state index contributed by atoms with van der Waals surface area (Å²) >= 11 is 0. The maximum absolute atomic E-state index is 13.8. The molecule has 0 unspecified atom stereocenters. The Hall–Kier alpha value is -3.50. The summed E-state index contributed by atoms with van der Waals surface area (Å²) in [5, 5.41) is 10.6. The number of piperidine rings is 1. The monoisotopic (exact) mass is 492 g/mol. The molecule has 3 aromatic rings. The van der Waals surface area contributed by atoms with Crippen LogP contribution in [0.15, 0.2) is 48.7 Å². The summed E-state index contributed by atoms with van der Waals surface area (Å²) in [6, 6.07) is 11.6. The fraction of sp³-hybridized carbons (Fsp3) is 0.379. The van der Waals surface area contributed by atoms with Crippen molar-refractivity contribution in [3.8, 4) is 17.6 Å². The van der Waals surface area contributed by atoms with Crippen molar-refractivity contribution in [2.75, 3.05) is 26.7 Å². The van der Waals surface area contributed by atoms with Crippen LogP contribution in [0.2, 0.25) is 0 Å². The van der Waals surface area contributed by atoms with Crippen LogP contribution in [0.5, 0.6) is 5.75 Å². The Morgan fingerprint density at radius 2 is 2.00 bits per heavy atom. The molecule has 36 heavy (non-hydrogen) atoms. The lowest BCUT2D eigenvalue weighted by Crippen LogP contribution is -2.41. The molecule has 1 aliphatic heterocycles. The van der Waals surface area contributed by atoms with E-state index in [9.17, 15) is 18.7 Å². The summed E-state index contributed by atoms with van der Waals surface area (Å²) in [6.07, 6.45) is 5.57. The number of methoxy groups -OCH3 is 1. The molecular weight excluding hydrogens is 462 g/mol. The molecule has 1 fully saturated rings. The average Bonchev–Trinajstić information content (AvgIpc) is 2.86. The minimum Gasteiger partial charge on any atom is -0.497 e. The Balaban J connectivity index is 1.36. The van der Waals surface area contributed by atoms with Gasteiger partial charge in [0.15, 0.2) is 0 Å². The third kappa shape index (κ3) is 6.38. The number of aliphatic carboxylic acids is 1. The largest absolute Gasteiger partial charge is 0.497 e. The maximum Gasteiger partial charge on any atom is 0.303 e. The molecule has 1 aliphatic rings. The van der Waals surface area contributed by atoms with Crippen molar-refractivity contribution in [2.24, 2.45) is 11.8 Å². The number of benzene rings is 2. The smallest absolute Gasteiger partial charge is 0.303 e. The van der Waals surface area contributed by atoms with E-state index in [1.165, 1.54) is 23.8 Å². The van der Waals surface area contributed by atoms with Crippen molar-refractivity contribution in [3.63, 3.8) is 0 Å². The molecule has 0 spiro atoms. The van der Waals surface area contributed by atoms with Gasteiger partial charge in [-0.15, -0.1) is 0 Å². The second kappa shape index (κ2) is 12.0. The van der Waals surface area contributed by atoms with E-state index in [-0.39, 0.29) is 17.9 Å². The minimum absolute atomic E-state index is 0.0116. The maximum atomic E-state index is 13.8. The van der Waals surface area contributed by atoms with Gasteiger partial charge in [0.1, 0.15) is 17.4 Å². The number of carboxylic acids is 1. The summed E-state index contributed by atoms with van der Waals surface area (Å²) in [7, 11) is 1.65. The van der Waals surface area contributed by atoms with Crippen LogP contribution >= 0.6 is 0 Å². The molecule has 4 rings (SSSR count). The number of halogens is 2. The molecule has 2 heterocycles. The Morgan fingerprint density at radius 3 is 2.75 bits per heavy atom. The molecule has 0 radical (unpaired) electrons. The normalized spacial score (nSPS) is 18.0. The number of aryl methyl sites for hydroxylation is 1. The number of pyridine rings is 1. The molecule has 5 nitrogen and oxygen atoms in total. The highest BCUT2D eigenvalue weighted by Gasteiger charge is 2.30. The first-order valence-corrected chi connectivity index (χ1v) is 12.2. The van der Waals surface area contributed by atoms with Crippen LogP contribution in [-0.2, 0) is 11.2 Å². The number of hydrogen-bond donors (Lipinski definition) is 1. The van der Waals surface area contributed by atoms with E-state index in [0.29, 0.717) is 19.0 Å². The Bertz CT molecular complexity index is 1260. The van der Waals surface area contributed by atoms with E-state index in [1.807, 2.05) is 30.5 Å². The predicted octanol–water partition coefficient (Wildman–Crippen LogP) is 5.31. The Labute approximate surface area is 210 Å². The summed E-state index contributed by atoms with van der Waals surface area (Å²) in [4.78, 5) is 18.1. The van der Waals surface area contributed by atoms with Crippen LogP contribution in [-0.4, -0.2) is 47.7 Å². The molecule has 1 saturated heterocycles. The third-order valence-corrected chi connectivity index (χ3v) is 6.95. The zero-order valence-electron chi connectivity index (χ0n) is 20.3. The molecule has 2 aromatic carbocycles. The van der Waals surface area contributed by atoms with Gasteiger partial charge in [-0.05, 0) is 86.0 Å². The van der Waals surface area contributed by atoms with E-state index < -0.39 is 17.6 Å². The number of hydrogen-bond acceptors (Lipinski definition) is 4. The van der Waals surface area contributed by atoms with E-state index in [1.54, 1.807) is 7.11 Å². The topological polar surface area (TPSA) is 62.7 Å². The summed E-state index contributed by atoms with van der Waals surface area (Å²) < 4.78 is 33.0. The van der Waals surface area contributed by atoms with Crippen molar-refractivity contribution in [1.82, 2.24) is 9.88 Å². The molecule has 1 N–H and O–H groups in total. The molecule has 0 bridgehead atoms. The first-order chi connectivity index (χ1) is 17.4. The number of carbonyl (C=O) groups is 1. The number of nitrogens with zero attached hydrogens (tertiary/aromatic N) is 2. The lowest BCUT2D eigenvalue weighted by Gasteiger charge is -2.37. The number of fused-ring (bicyclic) bond motifs is 1. The van der Waals surface area contributed by atoms with Gasteiger partial charge in [0.2, 0.25) is 0 Å². The molecule has 0 aliphatic carbocycles. The fourth-order valence-corrected chi connectivity index (χ4v) is 5.07. The lowest BCUT2D eigenvalue weighted by molar-refractivity contribution is -0.139. The highest BCUT2D eigenvalue weighted by Crippen LogP contribution is 2.31. The van der Waals surface area contributed by atoms with Gasteiger partial charge >= 0.3 is 5.97 Å². The average molecular weight is 493 g/mol. The van der Waals surface area contributed by atoms with Crippen LogP contribution < -0.4 is 4.74 Å². The zero-order chi connectivity index (χ0) is 25.5. The number of likely N-dealkylation sites (tertiary alicyclic amines) is 1. The van der Waals surface area contributed by atoms with Gasteiger partial charge in [0.25, 0.3) is 0 Å². The first kappa shape index (κ1) is 25.6. The fourth-order valence-electron chi connectivity index (χ4n) is 5.07. The Kier molecular flexibility index (Phi) is 8.50. The molecule has 1 aromatic heterocycles. The van der Waals surface area contributed by atoms with E-state index in [2.05, 4.69) is 21.7 Å². The molecule has 0 saturated carbocycles. The third-order valence-electron chi connectivity index (χ3n) is 6.95. The van der Waals surface area contributed by atoms with Gasteiger partial charge < -0.3 is 9.84 Å². The van der Waals surface area contributed by atoms with Gasteiger partial charge in [0, 0.05) is 24.5 Å². The van der Waals surface area contributed by atoms with Crippen LogP contribution in [0.1, 0.15) is 36.8 Å². The quantitative estimate of drug-likeness (QED) is 0.432. The highest BCUT2D eigenvalue weighted by atomic mass is 19.1. The molecule has 188 valence electrons. The Morgan fingerprint density at radius 1 is 1.19 bits per heavy atom. The van der Waals surface area contributed by atoms with Crippen molar-refractivity contribution >= 4 is 16.9 Å². The first-order valence-electron chi connectivity index (χ1n) is 12.2. The van der Waals surface area contributed by atoms with Gasteiger partial charge in [-0.2, -0.15) is 0 Å². The number of carboxylic acid groups (broad SMARTS) is 1. The summed E-state index contributed by atoms with van der Waals surface area (Å²) in [6.45, 7) is 1.74. The SMILES string of the molecule is COc1ccc2nccc(CCC[C@@H]3CCN(CC#Cc4c(F)cccc4F)C[C@@H]3CC(=O)O)c2c1. The van der Waals surface area contributed by atoms with Crippen LogP contribution in [0.3, 0.4) is 0 Å². The van der Waals surface area contributed by atoms with E-state index >= 15 is 0 Å². The van der Waals surface area contributed by atoms with Crippen LogP contribution in [0.25, 0.3) is 10.9 Å². The zero-order valence-corrected chi connectivity index (χ0v) is 20.3. The van der Waals surface area contributed by atoms with Crippen LogP contribution in [0.4, 0.5) is 8.78 Å². The van der Waals surface area contributed by atoms with Gasteiger partial charge in [-0.25, -0.2) is 8.78 Å². The highest BCUT2D eigenvalue weighted by molar-refractivity contribution is 5.83. The molecule has 0 amide bonds. The molecule has 7 heteroatoms. The van der Waals surface area contributed by atoms with E-state index in [0.717, 1.165) is 48.9 Å². The van der Waals surface area contributed by atoms with Crippen molar-refractivity contribution < 1.29 is 23.4 Å². The van der Waals surface area contributed by atoms with Gasteiger partial charge in [-0.1, -0.05) is 17.9 Å². The molecular formula is C29H30F2N2O3. The summed E-state index contributed by atoms with van der Waals surface area (Å²) in [5.74, 6) is 4.42. The second-order valence-electron chi connectivity index (χ2n) is 9.29. The minimum atomic E-state index is -0.807. The lowest BCUT2D eigenvalue weighted by atomic mass is 9.80. The number of aromatic nitrogens is 1. The molecule has 2 atom stereocenters. The van der Waals surface area contributed by atoms with Crippen molar-refractivity contribution in [1.29, 1.82) is 0 Å². The van der Waals surface area contributed by atoms with Crippen LogP contribution in [0, 0.1) is 35.3 Å².